The summed E-state index contributed by atoms with van der Waals surface area (Å²) in [5, 5.41) is 6.46. The standard InChI is InChI=1S/C19H18N2O5/c1-23-14-8-9-16(24-2)15(10-14)20-19(22)17-11-18(21-26-17)25-12-13-6-4-3-5-7-13/h3-11H,12H2,1-2H3,(H,20,22). The van der Waals surface area contributed by atoms with E-state index < -0.39 is 5.91 Å². The Morgan fingerprint density at radius 2 is 1.88 bits per heavy atom. The molecule has 0 aliphatic heterocycles. The fraction of sp³-hybridized carbons (Fsp3) is 0.158. The number of carbonyl (C=O) groups is 1. The molecule has 1 aromatic heterocycles. The molecular formula is C19H18N2O5. The molecule has 1 amide bonds. The molecule has 7 nitrogen and oxygen atoms in total. The zero-order valence-electron chi connectivity index (χ0n) is 14.4. The van der Waals surface area contributed by atoms with Crippen molar-refractivity contribution in [2.45, 2.75) is 6.61 Å². The summed E-state index contributed by atoms with van der Waals surface area (Å²) in [4.78, 5) is 12.4. The Kier molecular flexibility index (Phi) is 5.38. The lowest BCUT2D eigenvalue weighted by Gasteiger charge is -2.10. The number of ether oxygens (including phenoxy) is 3. The molecule has 0 spiro atoms. The van der Waals surface area contributed by atoms with Gasteiger partial charge in [0, 0.05) is 6.07 Å². The Balaban J connectivity index is 1.66. The van der Waals surface area contributed by atoms with E-state index in [2.05, 4.69) is 10.5 Å². The topological polar surface area (TPSA) is 82.8 Å². The van der Waals surface area contributed by atoms with Gasteiger partial charge in [-0.2, -0.15) is 0 Å². The van der Waals surface area contributed by atoms with E-state index in [1.807, 2.05) is 30.3 Å². The van der Waals surface area contributed by atoms with Gasteiger partial charge in [0.15, 0.2) is 0 Å². The maximum atomic E-state index is 12.4. The van der Waals surface area contributed by atoms with Crippen LogP contribution in [0, 0.1) is 0 Å². The lowest BCUT2D eigenvalue weighted by atomic mass is 10.2. The lowest BCUT2D eigenvalue weighted by molar-refractivity contribution is 0.0987. The predicted molar refractivity (Wildman–Crippen MR) is 94.8 cm³/mol. The van der Waals surface area contributed by atoms with E-state index in [9.17, 15) is 4.79 Å². The summed E-state index contributed by atoms with van der Waals surface area (Å²) in [6.07, 6.45) is 0. The van der Waals surface area contributed by atoms with Crippen molar-refractivity contribution in [3.8, 4) is 17.4 Å². The molecule has 2 aromatic carbocycles. The zero-order valence-corrected chi connectivity index (χ0v) is 14.4. The van der Waals surface area contributed by atoms with Crippen molar-refractivity contribution in [1.29, 1.82) is 0 Å². The average molecular weight is 354 g/mol. The lowest BCUT2D eigenvalue weighted by Crippen LogP contribution is -2.12. The molecule has 0 aliphatic rings. The van der Waals surface area contributed by atoms with Crippen molar-refractivity contribution in [3.63, 3.8) is 0 Å². The Hall–Kier alpha value is -3.48. The van der Waals surface area contributed by atoms with E-state index >= 15 is 0 Å². The van der Waals surface area contributed by atoms with E-state index in [4.69, 9.17) is 18.7 Å². The minimum absolute atomic E-state index is 0.0259. The predicted octanol–water partition coefficient (Wildman–Crippen LogP) is 3.52. The van der Waals surface area contributed by atoms with Crippen LogP contribution in [0.3, 0.4) is 0 Å². The number of carbonyl (C=O) groups excluding carboxylic acids is 1. The first-order valence-electron chi connectivity index (χ1n) is 7.86. The number of amides is 1. The minimum atomic E-state index is -0.474. The molecule has 1 heterocycles. The number of hydrogen-bond donors (Lipinski definition) is 1. The second-order valence-corrected chi connectivity index (χ2v) is 5.32. The van der Waals surface area contributed by atoms with Gasteiger partial charge in [0.2, 0.25) is 5.76 Å². The third-order valence-electron chi connectivity index (χ3n) is 3.60. The average Bonchev–Trinajstić information content (AvgIpc) is 3.16. The van der Waals surface area contributed by atoms with E-state index in [-0.39, 0.29) is 11.6 Å². The smallest absolute Gasteiger partial charge is 0.294 e. The van der Waals surface area contributed by atoms with Crippen molar-refractivity contribution in [2.75, 3.05) is 19.5 Å². The first-order chi connectivity index (χ1) is 12.7. The highest BCUT2D eigenvalue weighted by molar-refractivity contribution is 6.03. The fourth-order valence-electron chi connectivity index (χ4n) is 2.26. The van der Waals surface area contributed by atoms with Crippen LogP contribution in [0.1, 0.15) is 16.1 Å². The fourth-order valence-corrected chi connectivity index (χ4v) is 2.26. The van der Waals surface area contributed by atoms with Crippen LogP contribution in [0.15, 0.2) is 59.1 Å². The van der Waals surface area contributed by atoms with Gasteiger partial charge in [-0.1, -0.05) is 30.3 Å². The Morgan fingerprint density at radius 3 is 2.62 bits per heavy atom. The molecule has 3 aromatic rings. The third kappa shape index (κ3) is 4.13. The number of nitrogens with zero attached hydrogens (tertiary/aromatic N) is 1. The highest BCUT2D eigenvalue weighted by Crippen LogP contribution is 2.29. The van der Waals surface area contributed by atoms with Crippen LogP contribution in [0.25, 0.3) is 0 Å². The summed E-state index contributed by atoms with van der Waals surface area (Å²) in [7, 11) is 3.06. The second kappa shape index (κ2) is 8.06. The summed E-state index contributed by atoms with van der Waals surface area (Å²) in [6, 6.07) is 16.1. The molecule has 0 radical (unpaired) electrons. The monoisotopic (exact) mass is 354 g/mol. The number of benzene rings is 2. The number of hydrogen-bond acceptors (Lipinski definition) is 6. The van der Waals surface area contributed by atoms with Gasteiger partial charge in [-0.25, -0.2) is 0 Å². The van der Waals surface area contributed by atoms with Crippen molar-refractivity contribution >= 4 is 11.6 Å². The maximum Gasteiger partial charge on any atom is 0.294 e. The van der Waals surface area contributed by atoms with E-state index in [1.54, 1.807) is 25.3 Å². The molecule has 3 rings (SSSR count). The molecular weight excluding hydrogens is 336 g/mol. The summed E-state index contributed by atoms with van der Waals surface area (Å²) in [5.74, 6) is 0.873. The molecule has 134 valence electrons. The summed E-state index contributed by atoms with van der Waals surface area (Å²) >= 11 is 0. The van der Waals surface area contributed by atoms with Gasteiger partial charge >= 0.3 is 0 Å². The van der Waals surface area contributed by atoms with Gasteiger partial charge in [0.25, 0.3) is 11.8 Å². The Morgan fingerprint density at radius 1 is 1.08 bits per heavy atom. The highest BCUT2D eigenvalue weighted by atomic mass is 16.5. The maximum absolute atomic E-state index is 12.4. The summed E-state index contributed by atoms with van der Waals surface area (Å²) in [6.45, 7) is 0.331. The van der Waals surface area contributed by atoms with Crippen LogP contribution in [0.2, 0.25) is 0 Å². The molecule has 1 N–H and O–H groups in total. The molecule has 0 atom stereocenters. The number of aromatic nitrogens is 1. The van der Waals surface area contributed by atoms with Gasteiger partial charge in [-0.15, -0.1) is 0 Å². The Bertz CT molecular complexity index is 877. The molecule has 0 bridgehead atoms. The van der Waals surface area contributed by atoms with Crippen LogP contribution in [0.4, 0.5) is 5.69 Å². The van der Waals surface area contributed by atoms with Gasteiger partial charge in [0.1, 0.15) is 18.1 Å². The minimum Gasteiger partial charge on any atom is -0.497 e. The first kappa shape index (κ1) is 17.3. The molecule has 0 saturated heterocycles. The second-order valence-electron chi connectivity index (χ2n) is 5.32. The van der Waals surface area contributed by atoms with Crippen molar-refractivity contribution in [1.82, 2.24) is 5.16 Å². The largest absolute Gasteiger partial charge is 0.497 e. The van der Waals surface area contributed by atoms with Crippen LogP contribution < -0.4 is 19.5 Å². The number of methoxy groups -OCH3 is 2. The summed E-state index contributed by atoms with van der Waals surface area (Å²) < 4.78 is 21.0. The quantitative estimate of drug-likeness (QED) is 0.699. The highest BCUT2D eigenvalue weighted by Gasteiger charge is 2.16. The van der Waals surface area contributed by atoms with Crippen LogP contribution in [-0.2, 0) is 6.61 Å². The van der Waals surface area contributed by atoms with Crippen molar-refractivity contribution in [2.24, 2.45) is 0 Å². The van der Waals surface area contributed by atoms with Crippen LogP contribution >= 0.6 is 0 Å². The normalized spacial score (nSPS) is 10.2. The first-order valence-corrected chi connectivity index (χ1v) is 7.86. The van der Waals surface area contributed by atoms with E-state index in [0.717, 1.165) is 5.56 Å². The number of anilines is 1. The molecule has 0 aliphatic carbocycles. The molecule has 0 saturated carbocycles. The Labute approximate surface area is 150 Å². The molecule has 0 fully saturated rings. The number of nitrogens with one attached hydrogen (secondary N) is 1. The van der Waals surface area contributed by atoms with Gasteiger partial charge < -0.3 is 24.1 Å². The van der Waals surface area contributed by atoms with Gasteiger partial charge in [0.05, 0.1) is 26.0 Å². The van der Waals surface area contributed by atoms with Crippen LogP contribution in [0.5, 0.6) is 17.4 Å². The van der Waals surface area contributed by atoms with Gasteiger partial charge in [-0.05, 0) is 22.9 Å². The number of rotatable bonds is 7. The van der Waals surface area contributed by atoms with Crippen LogP contribution in [-0.4, -0.2) is 25.3 Å². The molecule has 0 unspecified atom stereocenters. The molecule has 26 heavy (non-hydrogen) atoms. The summed E-state index contributed by atoms with van der Waals surface area (Å²) in [5.41, 5.74) is 1.45. The van der Waals surface area contributed by atoms with E-state index in [0.29, 0.717) is 23.8 Å². The van der Waals surface area contributed by atoms with Gasteiger partial charge in [-0.3, -0.25) is 4.79 Å². The third-order valence-corrected chi connectivity index (χ3v) is 3.60. The SMILES string of the molecule is COc1ccc(OC)c(NC(=O)c2cc(OCc3ccccc3)no2)c1. The zero-order chi connectivity index (χ0) is 18.4. The van der Waals surface area contributed by atoms with Crippen molar-refractivity contribution in [3.05, 3.63) is 65.9 Å². The van der Waals surface area contributed by atoms with E-state index in [1.165, 1.54) is 13.2 Å². The molecule has 7 heteroatoms. The van der Waals surface area contributed by atoms with Crippen molar-refractivity contribution < 1.29 is 23.5 Å².